The maximum atomic E-state index is 10.6. The molecule has 0 radical (unpaired) electrons. The maximum absolute atomic E-state index is 10.6. The molecule has 19 heavy (non-hydrogen) atoms. The van der Waals surface area contributed by atoms with Gasteiger partial charge in [0.15, 0.2) is 5.16 Å². The van der Waals surface area contributed by atoms with E-state index in [0.717, 1.165) is 12.2 Å². The summed E-state index contributed by atoms with van der Waals surface area (Å²) in [5.74, 6) is 0.832. The van der Waals surface area contributed by atoms with Crippen molar-refractivity contribution >= 4 is 17.7 Å². The standard InChI is InChI=1S/C12H19N3O3S/c1-18-6-5-15-10(7-9-3-2-4-9)13-14-12(15)19-8-11(16)17/h9H,2-8H2,1H3,(H,16,17). The Hall–Kier alpha value is -1.08. The number of carbonyl (C=O) groups is 1. The fourth-order valence-electron chi connectivity index (χ4n) is 2.07. The number of methoxy groups -OCH3 is 1. The van der Waals surface area contributed by atoms with Crippen molar-refractivity contribution in [2.24, 2.45) is 5.92 Å². The SMILES string of the molecule is COCCn1c(CC2CCC2)nnc1SCC(=O)O. The first-order chi connectivity index (χ1) is 9.20. The summed E-state index contributed by atoms with van der Waals surface area (Å²) in [6, 6.07) is 0. The van der Waals surface area contributed by atoms with Crippen LogP contribution in [0.4, 0.5) is 0 Å². The highest BCUT2D eigenvalue weighted by Crippen LogP contribution is 2.30. The van der Waals surface area contributed by atoms with Crippen molar-refractivity contribution in [1.29, 1.82) is 0 Å². The first kappa shape index (κ1) is 14.3. The van der Waals surface area contributed by atoms with Gasteiger partial charge in [0, 0.05) is 20.1 Å². The summed E-state index contributed by atoms with van der Waals surface area (Å²) in [5, 5.41) is 17.7. The number of carboxylic acids is 1. The molecule has 1 fully saturated rings. The van der Waals surface area contributed by atoms with E-state index < -0.39 is 5.97 Å². The number of carboxylic acid groups (broad SMARTS) is 1. The number of hydrogen-bond donors (Lipinski definition) is 1. The largest absolute Gasteiger partial charge is 0.481 e. The molecule has 2 rings (SSSR count). The minimum Gasteiger partial charge on any atom is -0.481 e. The van der Waals surface area contributed by atoms with Crippen molar-refractivity contribution in [2.75, 3.05) is 19.5 Å². The molecule has 6 nitrogen and oxygen atoms in total. The summed E-state index contributed by atoms with van der Waals surface area (Å²) >= 11 is 1.21. The third-order valence-corrected chi connectivity index (χ3v) is 4.28. The zero-order valence-corrected chi connectivity index (χ0v) is 11.9. The highest BCUT2D eigenvalue weighted by atomic mass is 32.2. The molecule has 0 spiro atoms. The van der Waals surface area contributed by atoms with Gasteiger partial charge in [-0.15, -0.1) is 10.2 Å². The van der Waals surface area contributed by atoms with Crippen LogP contribution in [0.2, 0.25) is 0 Å². The van der Waals surface area contributed by atoms with Gasteiger partial charge in [-0.2, -0.15) is 0 Å². The molecule has 1 saturated carbocycles. The number of rotatable bonds is 8. The Morgan fingerprint density at radius 1 is 1.53 bits per heavy atom. The fourth-order valence-corrected chi connectivity index (χ4v) is 2.77. The molecule has 7 heteroatoms. The predicted molar refractivity (Wildman–Crippen MR) is 71.3 cm³/mol. The van der Waals surface area contributed by atoms with Crippen LogP contribution < -0.4 is 0 Å². The lowest BCUT2D eigenvalue weighted by molar-refractivity contribution is -0.133. The van der Waals surface area contributed by atoms with Crippen molar-refractivity contribution in [3.8, 4) is 0 Å². The van der Waals surface area contributed by atoms with Crippen LogP contribution in [0.15, 0.2) is 5.16 Å². The van der Waals surface area contributed by atoms with Gasteiger partial charge in [0.05, 0.1) is 12.4 Å². The molecule has 0 amide bonds. The Kier molecular flexibility index (Phi) is 5.21. The molecule has 0 atom stereocenters. The molecule has 0 saturated heterocycles. The van der Waals surface area contributed by atoms with Gasteiger partial charge in [-0.3, -0.25) is 4.79 Å². The summed E-state index contributed by atoms with van der Waals surface area (Å²) in [6.07, 6.45) is 4.76. The molecule has 0 unspecified atom stereocenters. The van der Waals surface area contributed by atoms with Crippen LogP contribution in [0.5, 0.6) is 0 Å². The van der Waals surface area contributed by atoms with Gasteiger partial charge < -0.3 is 14.4 Å². The molecule has 0 aliphatic heterocycles. The van der Waals surface area contributed by atoms with Crippen molar-refractivity contribution < 1.29 is 14.6 Å². The van der Waals surface area contributed by atoms with E-state index in [9.17, 15) is 4.79 Å². The summed E-state index contributed by atoms with van der Waals surface area (Å²) in [5.41, 5.74) is 0. The van der Waals surface area contributed by atoms with Crippen molar-refractivity contribution in [3.05, 3.63) is 5.82 Å². The smallest absolute Gasteiger partial charge is 0.313 e. The Morgan fingerprint density at radius 2 is 2.32 bits per heavy atom. The lowest BCUT2D eigenvalue weighted by Gasteiger charge is -2.24. The first-order valence-corrected chi connectivity index (χ1v) is 7.45. The van der Waals surface area contributed by atoms with Gasteiger partial charge in [0.1, 0.15) is 5.82 Å². The molecule has 106 valence electrons. The number of thioether (sulfide) groups is 1. The van der Waals surface area contributed by atoms with Crippen LogP contribution in [0.25, 0.3) is 0 Å². The van der Waals surface area contributed by atoms with Gasteiger partial charge in [-0.25, -0.2) is 0 Å². The minimum atomic E-state index is -0.841. The Labute approximate surface area is 116 Å². The van der Waals surface area contributed by atoms with Crippen LogP contribution in [0.1, 0.15) is 25.1 Å². The quantitative estimate of drug-likeness (QED) is 0.728. The second-order valence-corrected chi connectivity index (χ2v) is 5.67. The molecule has 1 aromatic rings. The predicted octanol–water partition coefficient (Wildman–Crippen LogP) is 1.44. The van der Waals surface area contributed by atoms with Gasteiger partial charge >= 0.3 is 5.97 Å². The van der Waals surface area contributed by atoms with Gasteiger partial charge in [0.25, 0.3) is 0 Å². The van der Waals surface area contributed by atoms with E-state index in [0.29, 0.717) is 24.2 Å². The second kappa shape index (κ2) is 6.91. The average molecular weight is 285 g/mol. The maximum Gasteiger partial charge on any atom is 0.313 e. The second-order valence-electron chi connectivity index (χ2n) is 4.73. The van der Waals surface area contributed by atoms with Crippen LogP contribution in [-0.2, 0) is 22.5 Å². The van der Waals surface area contributed by atoms with E-state index >= 15 is 0 Å². The zero-order chi connectivity index (χ0) is 13.7. The molecule has 1 aromatic heterocycles. The summed E-state index contributed by atoms with van der Waals surface area (Å²) < 4.78 is 7.09. The normalized spacial score (nSPS) is 15.4. The van der Waals surface area contributed by atoms with Crippen LogP contribution in [0, 0.1) is 5.92 Å². The van der Waals surface area contributed by atoms with E-state index in [1.54, 1.807) is 7.11 Å². The number of aromatic nitrogens is 3. The Balaban J connectivity index is 2.04. The van der Waals surface area contributed by atoms with Gasteiger partial charge in [0.2, 0.25) is 0 Å². The van der Waals surface area contributed by atoms with Crippen LogP contribution in [0.3, 0.4) is 0 Å². The van der Waals surface area contributed by atoms with E-state index in [2.05, 4.69) is 10.2 Å². The third kappa shape index (κ3) is 3.94. The van der Waals surface area contributed by atoms with Gasteiger partial charge in [-0.1, -0.05) is 31.0 Å². The topological polar surface area (TPSA) is 77.2 Å². The number of ether oxygens (including phenoxy) is 1. The number of nitrogens with zero attached hydrogens (tertiary/aromatic N) is 3. The molecule has 1 heterocycles. The molecular formula is C12H19N3O3S. The lowest BCUT2D eigenvalue weighted by Crippen LogP contribution is -2.18. The van der Waals surface area contributed by atoms with Gasteiger partial charge in [-0.05, 0) is 5.92 Å². The van der Waals surface area contributed by atoms with Crippen LogP contribution in [-0.4, -0.2) is 45.3 Å². The lowest BCUT2D eigenvalue weighted by atomic mass is 9.83. The van der Waals surface area contributed by atoms with Crippen LogP contribution >= 0.6 is 11.8 Å². The Morgan fingerprint density at radius 3 is 2.89 bits per heavy atom. The van der Waals surface area contributed by atoms with E-state index in [1.807, 2.05) is 4.57 Å². The number of aliphatic carboxylic acids is 1. The zero-order valence-electron chi connectivity index (χ0n) is 11.0. The minimum absolute atomic E-state index is 0.00848. The molecule has 1 aliphatic rings. The summed E-state index contributed by atoms with van der Waals surface area (Å²) in [6.45, 7) is 1.25. The average Bonchev–Trinajstić information content (AvgIpc) is 2.71. The Bertz CT molecular complexity index is 432. The highest BCUT2D eigenvalue weighted by Gasteiger charge is 2.22. The van der Waals surface area contributed by atoms with Crippen molar-refractivity contribution in [1.82, 2.24) is 14.8 Å². The molecular weight excluding hydrogens is 266 g/mol. The highest BCUT2D eigenvalue weighted by molar-refractivity contribution is 7.99. The number of hydrogen-bond acceptors (Lipinski definition) is 5. The molecule has 1 aliphatic carbocycles. The van der Waals surface area contributed by atoms with E-state index in [1.165, 1.54) is 31.0 Å². The molecule has 0 aromatic carbocycles. The summed E-state index contributed by atoms with van der Waals surface area (Å²) in [4.78, 5) is 10.6. The monoisotopic (exact) mass is 285 g/mol. The molecule has 0 bridgehead atoms. The third-order valence-electron chi connectivity index (χ3n) is 3.33. The first-order valence-electron chi connectivity index (χ1n) is 6.46. The molecule has 1 N–H and O–H groups in total. The van der Waals surface area contributed by atoms with Crippen molar-refractivity contribution in [2.45, 2.75) is 37.4 Å². The van der Waals surface area contributed by atoms with E-state index in [-0.39, 0.29) is 5.75 Å². The van der Waals surface area contributed by atoms with E-state index in [4.69, 9.17) is 9.84 Å². The summed E-state index contributed by atoms with van der Waals surface area (Å²) in [7, 11) is 1.65. The van der Waals surface area contributed by atoms with Crippen molar-refractivity contribution in [3.63, 3.8) is 0 Å². The fraction of sp³-hybridized carbons (Fsp3) is 0.750.